The number of hydrogen-bond acceptors (Lipinski definition) is 6. The molecule has 4 aromatic rings. The first-order valence-electron chi connectivity index (χ1n) is 10.3. The average Bonchev–Trinajstić information content (AvgIpc) is 3.37. The van der Waals surface area contributed by atoms with Gasteiger partial charge in [-0.1, -0.05) is 6.07 Å². The van der Waals surface area contributed by atoms with Crippen molar-refractivity contribution in [3.8, 4) is 17.2 Å². The van der Waals surface area contributed by atoms with Crippen LogP contribution in [0.15, 0.2) is 52.3 Å². The van der Waals surface area contributed by atoms with Crippen molar-refractivity contribution in [2.45, 2.75) is 26.1 Å². The molecule has 2 aromatic heterocycles. The Morgan fingerprint density at radius 2 is 1.91 bits per heavy atom. The first-order chi connectivity index (χ1) is 15.9. The van der Waals surface area contributed by atoms with E-state index in [1.54, 1.807) is 18.4 Å². The third-order valence-corrected chi connectivity index (χ3v) is 6.79. The van der Waals surface area contributed by atoms with Gasteiger partial charge in [-0.05, 0) is 58.2 Å². The van der Waals surface area contributed by atoms with Crippen LogP contribution in [0.4, 0.5) is 0 Å². The summed E-state index contributed by atoms with van der Waals surface area (Å²) >= 11 is 5.05. The molecular formula is C24H23BrN2O5S. The van der Waals surface area contributed by atoms with Crippen LogP contribution >= 0.6 is 27.3 Å². The number of rotatable bonds is 10. The molecule has 0 saturated carbocycles. The molecule has 0 aliphatic rings. The van der Waals surface area contributed by atoms with Crippen molar-refractivity contribution in [2.75, 3.05) is 7.11 Å². The normalized spacial score (nSPS) is 11.0. The van der Waals surface area contributed by atoms with Crippen molar-refractivity contribution < 1.29 is 24.1 Å². The van der Waals surface area contributed by atoms with Crippen molar-refractivity contribution in [3.05, 3.63) is 68.6 Å². The number of fused-ring (bicyclic) bond motifs is 1. The molecule has 0 aliphatic carbocycles. The molecule has 4 rings (SSSR count). The Morgan fingerprint density at radius 1 is 1.09 bits per heavy atom. The van der Waals surface area contributed by atoms with Crippen LogP contribution in [0.3, 0.4) is 0 Å². The Kier molecular flexibility index (Phi) is 7.20. The molecule has 0 atom stereocenters. The fourth-order valence-corrected chi connectivity index (χ4v) is 4.81. The van der Waals surface area contributed by atoms with Crippen LogP contribution in [0, 0.1) is 0 Å². The highest BCUT2D eigenvalue weighted by atomic mass is 79.9. The summed E-state index contributed by atoms with van der Waals surface area (Å²) in [6.45, 7) is 0.672. The molecular weight excluding hydrogens is 508 g/mol. The summed E-state index contributed by atoms with van der Waals surface area (Å²) in [6.07, 6.45) is 0.413. The van der Waals surface area contributed by atoms with E-state index in [1.165, 1.54) is 0 Å². The van der Waals surface area contributed by atoms with E-state index in [0.717, 1.165) is 36.8 Å². The largest absolute Gasteiger partial charge is 0.497 e. The van der Waals surface area contributed by atoms with E-state index >= 15 is 0 Å². The number of aromatic nitrogens is 2. The molecule has 1 N–H and O–H groups in total. The van der Waals surface area contributed by atoms with Crippen LogP contribution in [0.25, 0.3) is 11.0 Å². The summed E-state index contributed by atoms with van der Waals surface area (Å²) in [5, 5.41) is 9.07. The van der Waals surface area contributed by atoms with Gasteiger partial charge in [-0.15, -0.1) is 11.3 Å². The predicted molar refractivity (Wildman–Crippen MR) is 130 cm³/mol. The van der Waals surface area contributed by atoms with E-state index in [1.807, 2.05) is 60.1 Å². The number of carboxylic acid groups (broad SMARTS) is 1. The highest BCUT2D eigenvalue weighted by Crippen LogP contribution is 2.30. The molecule has 33 heavy (non-hydrogen) atoms. The third-order valence-electron chi connectivity index (χ3n) is 5.19. The van der Waals surface area contributed by atoms with Gasteiger partial charge in [0.1, 0.15) is 36.3 Å². The van der Waals surface area contributed by atoms with Gasteiger partial charge in [-0.3, -0.25) is 4.79 Å². The highest BCUT2D eigenvalue weighted by Gasteiger charge is 2.12. The number of methoxy groups -OCH3 is 1. The van der Waals surface area contributed by atoms with Crippen molar-refractivity contribution in [3.63, 3.8) is 0 Å². The van der Waals surface area contributed by atoms with E-state index in [2.05, 4.69) is 20.9 Å². The number of halogens is 1. The number of imidazole rings is 1. The number of carbonyl (C=O) groups is 1. The summed E-state index contributed by atoms with van der Waals surface area (Å²) in [4.78, 5) is 16.8. The maximum Gasteiger partial charge on any atom is 0.303 e. The van der Waals surface area contributed by atoms with Crippen LogP contribution in [0.2, 0.25) is 0 Å². The topological polar surface area (TPSA) is 82.8 Å². The number of hydrogen-bond donors (Lipinski definition) is 1. The molecule has 0 radical (unpaired) electrons. The zero-order valence-electron chi connectivity index (χ0n) is 18.2. The molecule has 0 amide bonds. The lowest BCUT2D eigenvalue weighted by molar-refractivity contribution is -0.136. The van der Waals surface area contributed by atoms with E-state index in [9.17, 15) is 4.79 Å². The minimum absolute atomic E-state index is 0.0322. The Bertz CT molecular complexity index is 1280. The molecule has 7 nitrogen and oxygen atoms in total. The third kappa shape index (κ3) is 5.66. The van der Waals surface area contributed by atoms with E-state index in [-0.39, 0.29) is 13.0 Å². The van der Waals surface area contributed by atoms with Gasteiger partial charge in [0.25, 0.3) is 0 Å². The summed E-state index contributed by atoms with van der Waals surface area (Å²) in [6, 6.07) is 15.2. The van der Waals surface area contributed by atoms with Crippen molar-refractivity contribution in [1.82, 2.24) is 9.55 Å². The van der Waals surface area contributed by atoms with Gasteiger partial charge in [0, 0.05) is 30.5 Å². The lowest BCUT2D eigenvalue weighted by Gasteiger charge is -2.13. The van der Waals surface area contributed by atoms with Gasteiger partial charge in [-0.25, -0.2) is 4.98 Å². The number of aryl methyl sites for hydroxylation is 2. The van der Waals surface area contributed by atoms with E-state index in [4.69, 9.17) is 19.3 Å². The minimum atomic E-state index is -0.845. The molecule has 0 aliphatic heterocycles. The second-order valence-corrected chi connectivity index (χ2v) is 9.94. The Balaban J connectivity index is 1.51. The first kappa shape index (κ1) is 23.1. The number of benzene rings is 2. The lowest BCUT2D eigenvalue weighted by Crippen LogP contribution is -2.05. The SMILES string of the molecule is COc1ccc2nc(COc3ccc(CCC(=O)O)c(OCc4ccc(Br)s4)c3)n(C)c2c1. The van der Waals surface area contributed by atoms with Gasteiger partial charge in [0.2, 0.25) is 0 Å². The predicted octanol–water partition coefficient (Wildman–Crippen LogP) is 5.58. The maximum absolute atomic E-state index is 11.1. The molecule has 2 heterocycles. The zero-order chi connectivity index (χ0) is 23.4. The number of thiophene rings is 1. The van der Waals surface area contributed by atoms with Gasteiger partial charge in [0.15, 0.2) is 0 Å². The van der Waals surface area contributed by atoms with Crippen LogP contribution in [0.5, 0.6) is 17.2 Å². The molecule has 0 bridgehead atoms. The Morgan fingerprint density at radius 3 is 2.64 bits per heavy atom. The maximum atomic E-state index is 11.1. The molecule has 0 fully saturated rings. The Labute approximate surface area is 203 Å². The molecule has 0 unspecified atom stereocenters. The number of nitrogens with zero attached hydrogens (tertiary/aromatic N) is 2. The van der Waals surface area contributed by atoms with Crippen LogP contribution in [0.1, 0.15) is 22.7 Å². The standard InChI is InChI=1S/C24H23BrN2O5S/c1-27-20-11-16(30-2)6-8-19(20)26-23(27)14-31-17-5-3-15(4-10-24(28)29)21(12-17)32-13-18-7-9-22(25)33-18/h3,5-9,11-12H,4,10,13-14H2,1-2H3,(H,28,29). The summed E-state index contributed by atoms with van der Waals surface area (Å²) < 4.78 is 20.4. The second-order valence-electron chi connectivity index (χ2n) is 7.39. The lowest BCUT2D eigenvalue weighted by atomic mass is 10.1. The first-order valence-corrected chi connectivity index (χ1v) is 11.9. The fourth-order valence-electron chi connectivity index (χ4n) is 3.41. The van der Waals surface area contributed by atoms with Gasteiger partial charge >= 0.3 is 5.97 Å². The molecule has 172 valence electrons. The quantitative estimate of drug-likeness (QED) is 0.288. The zero-order valence-corrected chi connectivity index (χ0v) is 20.6. The Hall–Kier alpha value is -3.04. The highest BCUT2D eigenvalue weighted by molar-refractivity contribution is 9.11. The molecule has 9 heteroatoms. The summed E-state index contributed by atoms with van der Waals surface area (Å²) in [7, 11) is 3.58. The smallest absolute Gasteiger partial charge is 0.303 e. The van der Waals surface area contributed by atoms with E-state index in [0.29, 0.717) is 24.5 Å². The number of ether oxygens (including phenoxy) is 3. The summed E-state index contributed by atoms with van der Waals surface area (Å²) in [5.41, 5.74) is 2.66. The second kappa shape index (κ2) is 10.3. The van der Waals surface area contributed by atoms with Crippen LogP contribution in [-0.4, -0.2) is 27.7 Å². The summed E-state index contributed by atoms with van der Waals surface area (Å²) in [5.74, 6) is 1.95. The monoisotopic (exact) mass is 530 g/mol. The average molecular weight is 531 g/mol. The van der Waals surface area contributed by atoms with Gasteiger partial charge in [0.05, 0.1) is 21.9 Å². The fraction of sp³-hybridized carbons (Fsp3) is 0.250. The van der Waals surface area contributed by atoms with Gasteiger partial charge in [-0.2, -0.15) is 0 Å². The van der Waals surface area contributed by atoms with Crippen LogP contribution in [-0.2, 0) is 31.5 Å². The van der Waals surface area contributed by atoms with Crippen LogP contribution < -0.4 is 14.2 Å². The van der Waals surface area contributed by atoms with E-state index < -0.39 is 5.97 Å². The number of carboxylic acids is 1. The van der Waals surface area contributed by atoms with Gasteiger partial charge < -0.3 is 23.9 Å². The van der Waals surface area contributed by atoms with Crippen molar-refractivity contribution >= 4 is 44.3 Å². The number of aliphatic carboxylic acids is 1. The minimum Gasteiger partial charge on any atom is -0.497 e. The molecule has 0 spiro atoms. The van der Waals surface area contributed by atoms with Crippen molar-refractivity contribution in [1.29, 1.82) is 0 Å². The molecule has 2 aromatic carbocycles. The van der Waals surface area contributed by atoms with Crippen molar-refractivity contribution in [2.24, 2.45) is 7.05 Å². The molecule has 0 saturated heterocycles.